The number of hydrogen-bond acceptors (Lipinski definition) is 3. The van der Waals surface area contributed by atoms with Gasteiger partial charge in [-0.2, -0.15) is 23.3 Å². The largest absolute Gasteiger partial charge is 0.431 e. The third-order valence-electron chi connectivity index (χ3n) is 4.05. The molecule has 1 aliphatic heterocycles. The fourth-order valence-electron chi connectivity index (χ4n) is 2.75. The normalized spacial score (nSPS) is 20.2. The van der Waals surface area contributed by atoms with Crippen LogP contribution in [-0.4, -0.2) is 27.9 Å². The minimum atomic E-state index is -4.75. The molecule has 0 fully saturated rings. The van der Waals surface area contributed by atoms with Gasteiger partial charge in [-0.3, -0.25) is 4.79 Å². The second-order valence-corrected chi connectivity index (χ2v) is 6.35. The van der Waals surface area contributed by atoms with E-state index in [0.29, 0.717) is 15.6 Å². The summed E-state index contributed by atoms with van der Waals surface area (Å²) in [6.07, 6.45) is -5.79. The van der Waals surface area contributed by atoms with Gasteiger partial charge in [0.15, 0.2) is 5.72 Å². The first-order valence-electron chi connectivity index (χ1n) is 7.70. The van der Waals surface area contributed by atoms with Gasteiger partial charge in [0.2, 0.25) is 5.91 Å². The zero-order valence-electron chi connectivity index (χ0n) is 13.4. The highest BCUT2D eigenvalue weighted by Crippen LogP contribution is 2.40. The molecule has 0 bridgehead atoms. The van der Waals surface area contributed by atoms with Crippen LogP contribution in [-0.2, 0) is 16.9 Å². The Labute approximate surface area is 152 Å². The molecule has 1 atom stereocenters. The molecule has 136 valence electrons. The summed E-state index contributed by atoms with van der Waals surface area (Å²) in [5.74, 6) is -0.743. The molecule has 1 amide bonds. The monoisotopic (exact) mass is 382 g/mol. The number of rotatable bonds is 3. The van der Waals surface area contributed by atoms with Crippen molar-refractivity contribution >= 4 is 23.2 Å². The number of carbonyl (C=O) groups excluding carboxylic acids is 1. The van der Waals surface area contributed by atoms with E-state index in [4.69, 9.17) is 11.6 Å². The van der Waals surface area contributed by atoms with Crippen molar-refractivity contribution in [1.82, 2.24) is 5.01 Å². The molecule has 0 spiro atoms. The molecule has 4 nitrogen and oxygen atoms in total. The Morgan fingerprint density at radius 1 is 1.15 bits per heavy atom. The van der Waals surface area contributed by atoms with Gasteiger partial charge in [0.25, 0.3) is 0 Å². The summed E-state index contributed by atoms with van der Waals surface area (Å²) in [6, 6.07) is 14.1. The van der Waals surface area contributed by atoms with E-state index < -0.39 is 29.9 Å². The molecular weight excluding hydrogens is 369 g/mol. The van der Waals surface area contributed by atoms with Gasteiger partial charge in [-0.25, -0.2) is 0 Å². The maximum absolute atomic E-state index is 13.1. The van der Waals surface area contributed by atoms with Crippen LogP contribution in [0.4, 0.5) is 13.2 Å². The number of carbonyl (C=O) groups is 1. The van der Waals surface area contributed by atoms with Crippen LogP contribution in [0.5, 0.6) is 0 Å². The van der Waals surface area contributed by atoms with Crippen LogP contribution in [0.25, 0.3) is 0 Å². The summed E-state index contributed by atoms with van der Waals surface area (Å²) in [6.45, 7) is 0. The van der Waals surface area contributed by atoms with E-state index in [1.807, 2.05) is 0 Å². The Morgan fingerprint density at radius 2 is 1.77 bits per heavy atom. The molecule has 0 aliphatic carbocycles. The van der Waals surface area contributed by atoms with Crippen LogP contribution in [0.15, 0.2) is 59.7 Å². The molecule has 0 aromatic heterocycles. The van der Waals surface area contributed by atoms with E-state index >= 15 is 0 Å². The summed E-state index contributed by atoms with van der Waals surface area (Å²) < 4.78 is 39.4. The number of aliphatic hydroxyl groups is 1. The first kappa shape index (κ1) is 18.4. The summed E-state index contributed by atoms with van der Waals surface area (Å²) >= 11 is 5.80. The Bertz CT molecular complexity index is 838. The predicted octanol–water partition coefficient (Wildman–Crippen LogP) is 3.88. The minimum absolute atomic E-state index is 0.103. The Morgan fingerprint density at radius 3 is 2.35 bits per heavy atom. The molecule has 2 aromatic rings. The van der Waals surface area contributed by atoms with Crippen LogP contribution in [0.3, 0.4) is 0 Å². The first-order chi connectivity index (χ1) is 12.2. The zero-order chi connectivity index (χ0) is 18.9. The van der Waals surface area contributed by atoms with Crippen LogP contribution >= 0.6 is 11.6 Å². The highest BCUT2D eigenvalue weighted by molar-refractivity contribution is 6.30. The maximum atomic E-state index is 13.1. The van der Waals surface area contributed by atoms with Gasteiger partial charge >= 0.3 is 6.18 Å². The molecule has 8 heteroatoms. The Balaban J connectivity index is 1.97. The van der Waals surface area contributed by atoms with Crippen molar-refractivity contribution in [1.29, 1.82) is 0 Å². The Kier molecular flexibility index (Phi) is 4.77. The van der Waals surface area contributed by atoms with Gasteiger partial charge in [-0.1, -0.05) is 54.1 Å². The lowest BCUT2D eigenvalue weighted by atomic mass is 9.96. The predicted molar refractivity (Wildman–Crippen MR) is 90.4 cm³/mol. The van der Waals surface area contributed by atoms with E-state index in [2.05, 4.69) is 5.10 Å². The summed E-state index contributed by atoms with van der Waals surface area (Å²) in [5, 5.41) is 15.2. The summed E-state index contributed by atoms with van der Waals surface area (Å²) in [5.41, 5.74) is -2.73. The van der Waals surface area contributed by atoms with Crippen molar-refractivity contribution in [3.63, 3.8) is 0 Å². The van der Waals surface area contributed by atoms with Crippen molar-refractivity contribution in [3.05, 3.63) is 70.7 Å². The fraction of sp³-hybridized carbons (Fsp3) is 0.222. The van der Waals surface area contributed by atoms with E-state index in [1.165, 1.54) is 24.3 Å². The lowest BCUT2D eigenvalue weighted by Crippen LogP contribution is -2.44. The van der Waals surface area contributed by atoms with Crippen molar-refractivity contribution in [2.24, 2.45) is 5.10 Å². The molecule has 26 heavy (non-hydrogen) atoms. The average molecular weight is 383 g/mol. The molecule has 0 saturated heterocycles. The molecule has 2 aromatic carbocycles. The third kappa shape index (κ3) is 3.59. The SMILES string of the molecule is O=C(Cc1ccccc1)N1N=C(C(F)(F)F)C[C@]1(O)c1ccc(Cl)cc1. The van der Waals surface area contributed by atoms with Crippen LogP contribution in [0.2, 0.25) is 5.02 Å². The number of amides is 1. The standard InChI is InChI=1S/C18H14ClF3N2O2/c19-14-8-6-13(7-9-14)17(26)11-15(18(20,21)22)23-24(17)16(25)10-12-4-2-1-3-5-12/h1-9,26H,10-11H2/t17-/m0/s1. The second kappa shape index (κ2) is 6.74. The van der Waals surface area contributed by atoms with Crippen molar-refractivity contribution in [2.75, 3.05) is 0 Å². The van der Waals surface area contributed by atoms with Gasteiger partial charge in [0.05, 0.1) is 12.8 Å². The number of hydrazone groups is 1. The van der Waals surface area contributed by atoms with E-state index in [1.54, 1.807) is 30.3 Å². The number of hydrogen-bond donors (Lipinski definition) is 1. The number of nitrogens with zero attached hydrogens (tertiary/aromatic N) is 2. The summed E-state index contributed by atoms with van der Waals surface area (Å²) in [4.78, 5) is 12.6. The molecule has 1 heterocycles. The number of halogens is 4. The van der Waals surface area contributed by atoms with Gasteiger partial charge in [-0.05, 0) is 17.7 Å². The smallest absolute Gasteiger partial charge is 0.365 e. The second-order valence-electron chi connectivity index (χ2n) is 5.91. The van der Waals surface area contributed by atoms with Gasteiger partial charge < -0.3 is 5.11 Å². The topological polar surface area (TPSA) is 52.9 Å². The molecule has 3 rings (SSSR count). The molecular formula is C18H14ClF3N2O2. The molecule has 0 saturated carbocycles. The van der Waals surface area contributed by atoms with Crippen molar-refractivity contribution in [2.45, 2.75) is 24.7 Å². The lowest BCUT2D eigenvalue weighted by molar-refractivity contribution is -0.157. The minimum Gasteiger partial charge on any atom is -0.365 e. The van der Waals surface area contributed by atoms with Crippen molar-refractivity contribution in [3.8, 4) is 0 Å². The van der Waals surface area contributed by atoms with Gasteiger partial charge in [0.1, 0.15) is 5.71 Å². The summed E-state index contributed by atoms with van der Waals surface area (Å²) in [7, 11) is 0. The molecule has 0 radical (unpaired) electrons. The fourth-order valence-corrected chi connectivity index (χ4v) is 2.88. The first-order valence-corrected chi connectivity index (χ1v) is 8.08. The number of benzene rings is 2. The molecule has 1 N–H and O–H groups in total. The third-order valence-corrected chi connectivity index (χ3v) is 4.31. The molecule has 1 aliphatic rings. The molecule has 0 unspecified atom stereocenters. The van der Waals surface area contributed by atoms with Crippen molar-refractivity contribution < 1.29 is 23.1 Å². The number of alkyl halides is 3. The Hall–Kier alpha value is -2.38. The lowest BCUT2D eigenvalue weighted by Gasteiger charge is -2.31. The van der Waals surface area contributed by atoms with E-state index in [-0.39, 0.29) is 12.0 Å². The maximum Gasteiger partial charge on any atom is 0.431 e. The quantitative estimate of drug-likeness (QED) is 0.876. The van der Waals surface area contributed by atoms with E-state index in [9.17, 15) is 23.1 Å². The highest BCUT2D eigenvalue weighted by atomic mass is 35.5. The van der Waals surface area contributed by atoms with E-state index in [0.717, 1.165) is 0 Å². The zero-order valence-corrected chi connectivity index (χ0v) is 14.1. The van der Waals surface area contributed by atoms with Crippen LogP contribution in [0, 0.1) is 0 Å². The van der Waals surface area contributed by atoms with Crippen LogP contribution < -0.4 is 0 Å². The van der Waals surface area contributed by atoms with Gasteiger partial charge in [0, 0.05) is 10.6 Å². The average Bonchev–Trinajstić information content (AvgIpc) is 2.95. The highest BCUT2D eigenvalue weighted by Gasteiger charge is 2.52. The van der Waals surface area contributed by atoms with Crippen LogP contribution in [0.1, 0.15) is 17.5 Å². The van der Waals surface area contributed by atoms with Gasteiger partial charge in [-0.15, -0.1) is 0 Å².